The van der Waals surface area contributed by atoms with E-state index >= 15 is 0 Å². The largest absolute Gasteiger partial charge is 0.370 e. The average molecular weight is 210 g/mol. The van der Waals surface area contributed by atoms with Crippen molar-refractivity contribution in [1.29, 1.82) is 0 Å². The molecule has 0 aromatic rings. The van der Waals surface area contributed by atoms with Gasteiger partial charge in [0.25, 0.3) is 0 Å². The summed E-state index contributed by atoms with van der Waals surface area (Å²) in [4.78, 5) is 12.2. The second-order valence-electron chi connectivity index (χ2n) is 5.43. The monoisotopic (exact) mass is 210 g/mol. The fraction of sp³-hybridized carbons (Fsp3) is 0.923. The Labute approximate surface area is 92.4 Å². The molecule has 0 aromatic heterocycles. The smallest absolute Gasteiger partial charge is 0.164 e. The summed E-state index contributed by atoms with van der Waals surface area (Å²) in [5.74, 6) is 1.85. The predicted octanol–water partition coefficient (Wildman–Crippen LogP) is 2.81. The molecule has 4 atom stereocenters. The zero-order chi connectivity index (χ0) is 10.8. The average Bonchev–Trinajstić information content (AvgIpc) is 2.63. The minimum Gasteiger partial charge on any atom is -0.370 e. The van der Waals surface area contributed by atoms with E-state index in [-0.39, 0.29) is 6.10 Å². The van der Waals surface area contributed by atoms with Gasteiger partial charge in [-0.05, 0) is 31.1 Å². The Hall–Kier alpha value is -0.370. The molecule has 2 nitrogen and oxygen atoms in total. The van der Waals surface area contributed by atoms with E-state index in [0.29, 0.717) is 17.6 Å². The Bertz CT molecular complexity index is 237. The summed E-state index contributed by atoms with van der Waals surface area (Å²) in [7, 11) is 0. The van der Waals surface area contributed by atoms with Crippen molar-refractivity contribution in [3.63, 3.8) is 0 Å². The van der Waals surface area contributed by atoms with Crippen molar-refractivity contribution in [2.45, 2.75) is 52.1 Å². The minimum absolute atomic E-state index is 0.0831. The summed E-state index contributed by atoms with van der Waals surface area (Å²) in [5, 5.41) is 0. The van der Waals surface area contributed by atoms with Crippen LogP contribution in [0.2, 0.25) is 0 Å². The van der Waals surface area contributed by atoms with E-state index in [4.69, 9.17) is 4.74 Å². The molecule has 86 valence electrons. The molecule has 2 fully saturated rings. The normalized spacial score (nSPS) is 41.7. The van der Waals surface area contributed by atoms with Crippen LogP contribution in [0.4, 0.5) is 0 Å². The maximum atomic E-state index is 12.2. The number of rotatable bonds is 2. The summed E-state index contributed by atoms with van der Waals surface area (Å²) < 4.78 is 5.57. The van der Waals surface area contributed by atoms with Gasteiger partial charge in [0.1, 0.15) is 6.10 Å². The van der Waals surface area contributed by atoms with Gasteiger partial charge in [0.2, 0.25) is 0 Å². The number of hydrogen-bond donors (Lipinski definition) is 0. The first-order chi connectivity index (χ1) is 7.18. The molecule has 2 aliphatic rings. The third kappa shape index (κ3) is 2.41. The number of carbonyl (C=O) groups excluding carboxylic acids is 1. The Balaban J connectivity index is 1.94. The van der Waals surface area contributed by atoms with Crippen LogP contribution in [0.5, 0.6) is 0 Å². The van der Waals surface area contributed by atoms with E-state index in [0.717, 1.165) is 31.8 Å². The Kier molecular flexibility index (Phi) is 3.45. The van der Waals surface area contributed by atoms with Crippen LogP contribution in [0.1, 0.15) is 46.0 Å². The lowest BCUT2D eigenvalue weighted by atomic mass is 9.78. The van der Waals surface area contributed by atoms with Gasteiger partial charge in [-0.25, -0.2) is 0 Å². The number of ketones is 1. The van der Waals surface area contributed by atoms with Gasteiger partial charge in [0, 0.05) is 12.5 Å². The summed E-state index contributed by atoms with van der Waals surface area (Å²) in [6.45, 7) is 5.18. The second kappa shape index (κ2) is 4.65. The highest BCUT2D eigenvalue weighted by Gasteiger charge is 2.36. The standard InChI is InChI=1S/C13H22O2/c1-9-4-3-5-11(8-9)12(14)13-10(2)6-7-15-13/h9-11,13H,3-8H2,1-2H3. The van der Waals surface area contributed by atoms with Crippen LogP contribution in [0.25, 0.3) is 0 Å². The molecule has 0 amide bonds. The van der Waals surface area contributed by atoms with E-state index < -0.39 is 0 Å². The molecule has 0 aromatic carbocycles. The lowest BCUT2D eigenvalue weighted by molar-refractivity contribution is -0.134. The summed E-state index contributed by atoms with van der Waals surface area (Å²) in [6.07, 6.45) is 5.67. The maximum absolute atomic E-state index is 12.2. The molecule has 1 aliphatic heterocycles. The van der Waals surface area contributed by atoms with Crippen LogP contribution >= 0.6 is 0 Å². The number of hydrogen-bond acceptors (Lipinski definition) is 2. The van der Waals surface area contributed by atoms with Gasteiger partial charge in [0.15, 0.2) is 5.78 Å². The lowest BCUT2D eigenvalue weighted by Gasteiger charge is -2.28. The highest BCUT2D eigenvalue weighted by Crippen LogP contribution is 2.33. The van der Waals surface area contributed by atoms with Gasteiger partial charge in [-0.2, -0.15) is 0 Å². The fourth-order valence-electron chi connectivity index (χ4n) is 2.98. The van der Waals surface area contributed by atoms with Gasteiger partial charge >= 0.3 is 0 Å². The van der Waals surface area contributed by atoms with Crippen molar-refractivity contribution in [2.24, 2.45) is 17.8 Å². The van der Waals surface area contributed by atoms with E-state index in [1.807, 2.05) is 0 Å². The second-order valence-corrected chi connectivity index (χ2v) is 5.43. The molecule has 4 unspecified atom stereocenters. The fourth-order valence-corrected chi connectivity index (χ4v) is 2.98. The molecule has 1 saturated carbocycles. The quantitative estimate of drug-likeness (QED) is 0.700. The van der Waals surface area contributed by atoms with Crippen molar-refractivity contribution >= 4 is 5.78 Å². The summed E-state index contributed by atoms with van der Waals surface area (Å²) in [5.41, 5.74) is 0. The molecule has 1 aliphatic carbocycles. The van der Waals surface area contributed by atoms with Crippen LogP contribution in [0.15, 0.2) is 0 Å². The van der Waals surface area contributed by atoms with Crippen LogP contribution in [-0.4, -0.2) is 18.5 Å². The zero-order valence-electron chi connectivity index (χ0n) is 9.87. The topological polar surface area (TPSA) is 26.3 Å². The Morgan fingerprint density at radius 3 is 2.60 bits per heavy atom. The van der Waals surface area contributed by atoms with Gasteiger partial charge in [-0.15, -0.1) is 0 Å². The van der Waals surface area contributed by atoms with Crippen molar-refractivity contribution in [1.82, 2.24) is 0 Å². The zero-order valence-corrected chi connectivity index (χ0v) is 9.87. The number of ether oxygens (including phenoxy) is 1. The van der Waals surface area contributed by atoms with E-state index in [2.05, 4.69) is 13.8 Å². The lowest BCUT2D eigenvalue weighted by Crippen LogP contribution is -2.34. The first-order valence-corrected chi connectivity index (χ1v) is 6.34. The summed E-state index contributed by atoms with van der Waals surface area (Å²) in [6, 6.07) is 0. The molecule has 15 heavy (non-hydrogen) atoms. The van der Waals surface area contributed by atoms with Crippen LogP contribution < -0.4 is 0 Å². The molecular formula is C13H22O2. The van der Waals surface area contributed by atoms with Crippen molar-refractivity contribution < 1.29 is 9.53 Å². The third-order valence-electron chi connectivity index (χ3n) is 4.01. The Morgan fingerprint density at radius 1 is 1.20 bits per heavy atom. The molecule has 2 heteroatoms. The summed E-state index contributed by atoms with van der Waals surface area (Å²) >= 11 is 0. The van der Waals surface area contributed by atoms with Gasteiger partial charge in [-0.3, -0.25) is 4.79 Å². The molecule has 0 radical (unpaired) electrons. The van der Waals surface area contributed by atoms with Gasteiger partial charge in [0.05, 0.1) is 0 Å². The molecule has 0 bridgehead atoms. The van der Waals surface area contributed by atoms with Crippen molar-refractivity contribution in [3.8, 4) is 0 Å². The van der Waals surface area contributed by atoms with Crippen LogP contribution in [0.3, 0.4) is 0 Å². The van der Waals surface area contributed by atoms with Crippen molar-refractivity contribution in [3.05, 3.63) is 0 Å². The minimum atomic E-state index is -0.0831. The molecule has 1 saturated heterocycles. The predicted molar refractivity (Wildman–Crippen MR) is 59.7 cm³/mol. The van der Waals surface area contributed by atoms with Crippen LogP contribution in [-0.2, 0) is 9.53 Å². The molecule has 0 N–H and O–H groups in total. The molecule has 0 spiro atoms. The van der Waals surface area contributed by atoms with E-state index in [9.17, 15) is 4.79 Å². The number of carbonyl (C=O) groups is 1. The third-order valence-corrected chi connectivity index (χ3v) is 4.01. The van der Waals surface area contributed by atoms with Crippen molar-refractivity contribution in [2.75, 3.05) is 6.61 Å². The van der Waals surface area contributed by atoms with Gasteiger partial charge in [-0.1, -0.05) is 26.7 Å². The number of Topliss-reactive ketones (excluding diaryl/α,β-unsaturated/α-hetero) is 1. The molecule has 1 heterocycles. The highest BCUT2D eigenvalue weighted by atomic mass is 16.5. The van der Waals surface area contributed by atoms with E-state index in [1.54, 1.807) is 0 Å². The van der Waals surface area contributed by atoms with Crippen LogP contribution in [0, 0.1) is 17.8 Å². The molecule has 2 rings (SSSR count). The SMILES string of the molecule is CC1CCCC(C(=O)C2OCCC2C)C1. The highest BCUT2D eigenvalue weighted by molar-refractivity contribution is 5.86. The first-order valence-electron chi connectivity index (χ1n) is 6.34. The van der Waals surface area contributed by atoms with Gasteiger partial charge < -0.3 is 4.74 Å². The molecular weight excluding hydrogens is 188 g/mol. The first kappa shape index (κ1) is 11.1. The van der Waals surface area contributed by atoms with E-state index in [1.165, 1.54) is 12.8 Å². The Morgan fingerprint density at radius 2 is 2.00 bits per heavy atom. The maximum Gasteiger partial charge on any atom is 0.164 e.